The molecule has 0 spiro atoms. The van der Waals surface area contributed by atoms with Crippen molar-refractivity contribution in [1.82, 2.24) is 10.2 Å². The third-order valence-electron chi connectivity index (χ3n) is 5.15. The minimum Gasteiger partial charge on any atom is -0.493 e. The van der Waals surface area contributed by atoms with Crippen LogP contribution in [0.25, 0.3) is 0 Å². The fraction of sp³-hybridized carbons (Fsp3) is 0.409. The highest BCUT2D eigenvalue weighted by Crippen LogP contribution is 2.30. The molecule has 1 heterocycles. The zero-order chi connectivity index (χ0) is 20.6. The largest absolute Gasteiger partial charge is 0.493 e. The van der Waals surface area contributed by atoms with Crippen molar-refractivity contribution in [2.45, 2.75) is 6.42 Å². The molecule has 6 nitrogen and oxygen atoms in total. The smallest absolute Gasteiger partial charge is 0.255 e. The maximum atomic E-state index is 12.5. The van der Waals surface area contributed by atoms with Gasteiger partial charge in [-0.3, -0.25) is 9.69 Å². The molecule has 0 aromatic heterocycles. The van der Waals surface area contributed by atoms with E-state index in [1.54, 1.807) is 25.3 Å². The van der Waals surface area contributed by atoms with Gasteiger partial charge in [0.15, 0.2) is 11.5 Å². The number of nitrogens with one attached hydrogen (secondary N) is 1. The predicted octanol–water partition coefficient (Wildman–Crippen LogP) is 3.30. The lowest BCUT2D eigenvalue weighted by Gasteiger charge is -2.36. The Balaban J connectivity index is 1.40. The normalized spacial score (nSPS) is 14.5. The summed E-state index contributed by atoms with van der Waals surface area (Å²) in [4.78, 5) is 17.3. The summed E-state index contributed by atoms with van der Waals surface area (Å²) in [5.74, 6) is 0.873. The number of para-hydroxylation sites is 1. The van der Waals surface area contributed by atoms with E-state index in [0.717, 1.165) is 44.2 Å². The van der Waals surface area contributed by atoms with Crippen molar-refractivity contribution in [3.63, 3.8) is 0 Å². The van der Waals surface area contributed by atoms with Crippen LogP contribution in [0.1, 0.15) is 16.8 Å². The molecule has 1 N–H and O–H groups in total. The molecule has 0 unspecified atom stereocenters. The Labute approximate surface area is 177 Å². The van der Waals surface area contributed by atoms with Crippen molar-refractivity contribution < 1.29 is 14.3 Å². The zero-order valence-electron chi connectivity index (χ0n) is 17.0. The first kappa shape index (κ1) is 21.3. The van der Waals surface area contributed by atoms with Crippen molar-refractivity contribution in [2.75, 3.05) is 58.4 Å². The van der Waals surface area contributed by atoms with E-state index in [0.29, 0.717) is 23.6 Å². The van der Waals surface area contributed by atoms with Crippen LogP contribution in [0.5, 0.6) is 11.5 Å². The SMILES string of the molecule is COc1cccc(C(=O)NCCCN2CCN(c3ccc(Cl)cc3)CC2)c1OC. The molecule has 156 valence electrons. The number of amides is 1. The Morgan fingerprint density at radius 3 is 2.41 bits per heavy atom. The first-order chi connectivity index (χ1) is 14.1. The first-order valence-corrected chi connectivity index (χ1v) is 10.2. The van der Waals surface area contributed by atoms with Gasteiger partial charge in [0.05, 0.1) is 19.8 Å². The van der Waals surface area contributed by atoms with Gasteiger partial charge in [0.1, 0.15) is 0 Å². The summed E-state index contributed by atoms with van der Waals surface area (Å²) in [5.41, 5.74) is 1.71. The lowest BCUT2D eigenvalue weighted by atomic mass is 10.1. The number of nitrogens with zero attached hydrogens (tertiary/aromatic N) is 2. The van der Waals surface area contributed by atoms with Crippen molar-refractivity contribution in [1.29, 1.82) is 0 Å². The van der Waals surface area contributed by atoms with Crippen molar-refractivity contribution in [3.8, 4) is 11.5 Å². The topological polar surface area (TPSA) is 54.0 Å². The number of carbonyl (C=O) groups excluding carboxylic acids is 1. The summed E-state index contributed by atoms with van der Waals surface area (Å²) in [7, 11) is 3.10. The molecule has 1 aliphatic heterocycles. The zero-order valence-corrected chi connectivity index (χ0v) is 17.7. The quantitative estimate of drug-likeness (QED) is 0.668. The molecule has 1 fully saturated rings. The molecule has 1 amide bonds. The van der Waals surface area contributed by atoms with Crippen molar-refractivity contribution >= 4 is 23.2 Å². The van der Waals surface area contributed by atoms with Crippen LogP contribution >= 0.6 is 11.6 Å². The fourth-order valence-electron chi connectivity index (χ4n) is 3.55. The van der Waals surface area contributed by atoms with E-state index in [1.165, 1.54) is 12.8 Å². The molecule has 0 saturated carbocycles. The van der Waals surface area contributed by atoms with E-state index >= 15 is 0 Å². The van der Waals surface area contributed by atoms with Gasteiger partial charge in [0, 0.05) is 43.4 Å². The second-order valence-corrected chi connectivity index (χ2v) is 7.39. The molecule has 0 radical (unpaired) electrons. The monoisotopic (exact) mass is 417 g/mol. The predicted molar refractivity (Wildman–Crippen MR) is 117 cm³/mol. The summed E-state index contributed by atoms with van der Waals surface area (Å²) in [6, 6.07) is 13.3. The molecular weight excluding hydrogens is 390 g/mol. The number of hydrogen-bond acceptors (Lipinski definition) is 5. The van der Waals surface area contributed by atoms with Crippen LogP contribution in [-0.2, 0) is 0 Å². The average molecular weight is 418 g/mol. The molecule has 7 heteroatoms. The van der Waals surface area contributed by atoms with Crippen molar-refractivity contribution in [2.24, 2.45) is 0 Å². The second-order valence-electron chi connectivity index (χ2n) is 6.96. The van der Waals surface area contributed by atoms with Gasteiger partial charge in [-0.25, -0.2) is 0 Å². The summed E-state index contributed by atoms with van der Waals surface area (Å²) in [6.07, 6.45) is 0.902. The van der Waals surface area contributed by atoms with Gasteiger partial charge >= 0.3 is 0 Å². The maximum absolute atomic E-state index is 12.5. The van der Waals surface area contributed by atoms with Crippen LogP contribution in [0.3, 0.4) is 0 Å². The highest BCUT2D eigenvalue weighted by Gasteiger charge is 2.18. The van der Waals surface area contributed by atoms with E-state index in [9.17, 15) is 4.79 Å². The summed E-state index contributed by atoms with van der Waals surface area (Å²) < 4.78 is 10.6. The molecule has 2 aromatic rings. The van der Waals surface area contributed by atoms with E-state index < -0.39 is 0 Å². The molecular formula is C22H28ClN3O3. The minimum absolute atomic E-state index is 0.145. The van der Waals surface area contributed by atoms with Gasteiger partial charge in [-0.2, -0.15) is 0 Å². The Bertz CT molecular complexity index is 805. The van der Waals surface area contributed by atoms with E-state index in [2.05, 4.69) is 27.2 Å². The van der Waals surface area contributed by atoms with E-state index in [1.807, 2.05) is 12.1 Å². The molecule has 29 heavy (non-hydrogen) atoms. The van der Waals surface area contributed by atoms with E-state index in [4.69, 9.17) is 21.1 Å². The average Bonchev–Trinajstić information content (AvgIpc) is 2.77. The highest BCUT2D eigenvalue weighted by atomic mass is 35.5. The van der Waals surface area contributed by atoms with Gasteiger partial charge in [0.25, 0.3) is 5.91 Å². The number of hydrogen-bond donors (Lipinski definition) is 1. The number of benzene rings is 2. The van der Waals surface area contributed by atoms with Crippen LogP contribution < -0.4 is 19.7 Å². The van der Waals surface area contributed by atoms with Gasteiger partial charge in [-0.1, -0.05) is 17.7 Å². The molecule has 2 aromatic carbocycles. The maximum Gasteiger partial charge on any atom is 0.255 e. The first-order valence-electron chi connectivity index (χ1n) is 9.84. The fourth-order valence-corrected chi connectivity index (χ4v) is 3.67. The van der Waals surface area contributed by atoms with Gasteiger partial charge < -0.3 is 19.7 Å². The molecule has 3 rings (SSSR count). The number of ether oxygens (including phenoxy) is 2. The van der Waals surface area contributed by atoms with Gasteiger partial charge in [-0.15, -0.1) is 0 Å². The number of methoxy groups -OCH3 is 2. The van der Waals surface area contributed by atoms with Gasteiger partial charge in [0.2, 0.25) is 0 Å². The van der Waals surface area contributed by atoms with Crippen LogP contribution in [0.4, 0.5) is 5.69 Å². The number of anilines is 1. The second kappa shape index (κ2) is 10.4. The van der Waals surface area contributed by atoms with Crippen molar-refractivity contribution in [3.05, 3.63) is 53.1 Å². The number of rotatable bonds is 8. The highest BCUT2D eigenvalue weighted by molar-refractivity contribution is 6.30. The number of carbonyl (C=O) groups is 1. The minimum atomic E-state index is -0.145. The summed E-state index contributed by atoms with van der Waals surface area (Å²) in [6.45, 7) is 5.60. The lowest BCUT2D eigenvalue weighted by Crippen LogP contribution is -2.47. The van der Waals surface area contributed by atoms with Crippen LogP contribution in [0.2, 0.25) is 5.02 Å². The molecule has 0 bridgehead atoms. The summed E-state index contributed by atoms with van der Waals surface area (Å²) in [5, 5.41) is 3.75. The Kier molecular flexibility index (Phi) is 7.61. The van der Waals surface area contributed by atoms with Gasteiger partial charge in [-0.05, 0) is 49.4 Å². The Morgan fingerprint density at radius 1 is 1.03 bits per heavy atom. The molecule has 0 aliphatic carbocycles. The Hall–Kier alpha value is -2.44. The standard InChI is InChI=1S/C22H28ClN3O3/c1-28-20-6-3-5-19(21(20)29-2)22(27)24-11-4-12-25-13-15-26(16-14-25)18-9-7-17(23)8-10-18/h3,5-10H,4,11-16H2,1-2H3,(H,24,27). The Morgan fingerprint density at radius 2 is 1.76 bits per heavy atom. The lowest BCUT2D eigenvalue weighted by molar-refractivity contribution is 0.0947. The van der Waals surface area contributed by atoms with Crippen LogP contribution in [-0.4, -0.2) is 64.3 Å². The molecule has 1 aliphatic rings. The number of halogens is 1. The molecule has 1 saturated heterocycles. The third kappa shape index (κ3) is 5.55. The van der Waals surface area contributed by atoms with E-state index in [-0.39, 0.29) is 5.91 Å². The van der Waals surface area contributed by atoms with Crippen LogP contribution in [0, 0.1) is 0 Å². The van der Waals surface area contributed by atoms with Crippen LogP contribution in [0.15, 0.2) is 42.5 Å². The number of piperazine rings is 1. The molecule has 0 atom stereocenters. The summed E-state index contributed by atoms with van der Waals surface area (Å²) >= 11 is 5.97. The third-order valence-corrected chi connectivity index (χ3v) is 5.40.